The van der Waals surface area contributed by atoms with Gasteiger partial charge in [0.25, 0.3) is 0 Å². The second-order valence-corrected chi connectivity index (χ2v) is 5.65. The molecule has 2 heteroatoms. The minimum absolute atomic E-state index is 0.574. The molecule has 0 aliphatic heterocycles. The van der Waals surface area contributed by atoms with Crippen LogP contribution in [0.1, 0.15) is 77.6 Å². The number of hydrogen-bond acceptors (Lipinski definition) is 2. The van der Waals surface area contributed by atoms with Crippen molar-refractivity contribution in [1.29, 1.82) is 0 Å². The summed E-state index contributed by atoms with van der Waals surface area (Å²) in [5.74, 6) is 0. The summed E-state index contributed by atoms with van der Waals surface area (Å²) >= 11 is 0. The Hall–Kier alpha value is -0.0800. The SMILES string of the molecule is CCCCCCCCCNCCOC1CCCC1. The lowest BCUT2D eigenvalue weighted by Crippen LogP contribution is -2.23. The molecule has 0 aromatic rings. The molecule has 1 rings (SSSR count). The summed E-state index contributed by atoms with van der Waals surface area (Å²) in [7, 11) is 0. The van der Waals surface area contributed by atoms with Crippen molar-refractivity contribution in [3.05, 3.63) is 0 Å². The summed E-state index contributed by atoms with van der Waals surface area (Å²) in [6.45, 7) is 5.38. The van der Waals surface area contributed by atoms with Crippen LogP contribution in [-0.4, -0.2) is 25.8 Å². The van der Waals surface area contributed by atoms with Crippen LogP contribution in [0.25, 0.3) is 0 Å². The molecule has 1 N–H and O–H groups in total. The Morgan fingerprint density at radius 1 is 0.889 bits per heavy atom. The average molecular weight is 255 g/mol. The number of ether oxygens (including phenoxy) is 1. The Balaban J connectivity index is 1.68. The highest BCUT2D eigenvalue weighted by Crippen LogP contribution is 2.20. The third kappa shape index (κ3) is 8.93. The van der Waals surface area contributed by atoms with E-state index >= 15 is 0 Å². The molecule has 18 heavy (non-hydrogen) atoms. The van der Waals surface area contributed by atoms with Crippen LogP contribution >= 0.6 is 0 Å². The van der Waals surface area contributed by atoms with E-state index in [2.05, 4.69) is 12.2 Å². The highest BCUT2D eigenvalue weighted by atomic mass is 16.5. The average Bonchev–Trinajstić information content (AvgIpc) is 2.89. The molecule has 0 amide bonds. The number of rotatable bonds is 12. The fraction of sp³-hybridized carbons (Fsp3) is 1.00. The normalized spacial score (nSPS) is 16.5. The summed E-state index contributed by atoms with van der Waals surface area (Å²) in [6, 6.07) is 0. The first-order chi connectivity index (χ1) is 8.93. The van der Waals surface area contributed by atoms with Crippen LogP contribution < -0.4 is 5.32 Å². The molecule has 1 aliphatic carbocycles. The second kappa shape index (κ2) is 12.0. The first kappa shape index (κ1) is 16.0. The first-order valence-electron chi connectivity index (χ1n) is 8.26. The predicted molar refractivity (Wildman–Crippen MR) is 79.1 cm³/mol. The number of hydrogen-bond donors (Lipinski definition) is 1. The molecule has 0 unspecified atom stereocenters. The molecule has 0 saturated heterocycles. The van der Waals surface area contributed by atoms with Crippen LogP contribution in [0.4, 0.5) is 0 Å². The maximum atomic E-state index is 5.81. The van der Waals surface area contributed by atoms with Crippen LogP contribution in [0.5, 0.6) is 0 Å². The minimum atomic E-state index is 0.574. The lowest BCUT2D eigenvalue weighted by atomic mass is 10.1. The molecule has 0 atom stereocenters. The molecule has 0 heterocycles. The van der Waals surface area contributed by atoms with E-state index in [4.69, 9.17) is 4.74 Å². The summed E-state index contributed by atoms with van der Waals surface area (Å²) in [4.78, 5) is 0. The Kier molecular flexibility index (Phi) is 10.6. The van der Waals surface area contributed by atoms with Crippen molar-refractivity contribution < 1.29 is 4.74 Å². The van der Waals surface area contributed by atoms with Gasteiger partial charge in [-0.1, -0.05) is 58.3 Å². The van der Waals surface area contributed by atoms with Crippen molar-refractivity contribution in [1.82, 2.24) is 5.32 Å². The van der Waals surface area contributed by atoms with E-state index in [0.29, 0.717) is 6.10 Å². The molecule has 0 aromatic heterocycles. The van der Waals surface area contributed by atoms with Gasteiger partial charge in [0.15, 0.2) is 0 Å². The van der Waals surface area contributed by atoms with Gasteiger partial charge < -0.3 is 10.1 Å². The van der Waals surface area contributed by atoms with E-state index < -0.39 is 0 Å². The molecule has 108 valence electrons. The van der Waals surface area contributed by atoms with Crippen LogP contribution in [-0.2, 0) is 4.74 Å². The highest BCUT2D eigenvalue weighted by Gasteiger charge is 2.14. The van der Waals surface area contributed by atoms with Gasteiger partial charge in [-0.05, 0) is 25.8 Å². The molecule has 0 radical (unpaired) electrons. The van der Waals surface area contributed by atoms with Crippen molar-refractivity contribution in [3.63, 3.8) is 0 Å². The van der Waals surface area contributed by atoms with Crippen molar-refractivity contribution in [3.8, 4) is 0 Å². The molecule has 0 bridgehead atoms. The zero-order chi connectivity index (χ0) is 12.9. The van der Waals surface area contributed by atoms with Crippen molar-refractivity contribution in [2.24, 2.45) is 0 Å². The number of nitrogens with one attached hydrogen (secondary N) is 1. The maximum absolute atomic E-state index is 5.81. The lowest BCUT2D eigenvalue weighted by Gasteiger charge is -2.11. The lowest BCUT2D eigenvalue weighted by molar-refractivity contribution is 0.0604. The van der Waals surface area contributed by atoms with Gasteiger partial charge in [-0.25, -0.2) is 0 Å². The minimum Gasteiger partial charge on any atom is -0.377 e. The van der Waals surface area contributed by atoms with Crippen molar-refractivity contribution in [2.75, 3.05) is 19.7 Å². The Bertz CT molecular complexity index is 166. The van der Waals surface area contributed by atoms with Gasteiger partial charge in [-0.3, -0.25) is 0 Å². The Labute approximate surface area is 114 Å². The van der Waals surface area contributed by atoms with Crippen molar-refractivity contribution in [2.45, 2.75) is 83.7 Å². The standard InChI is InChI=1S/C16H33NO/c1-2-3-4-5-6-7-10-13-17-14-15-18-16-11-8-9-12-16/h16-17H,2-15H2,1H3. The van der Waals surface area contributed by atoms with E-state index in [1.165, 1.54) is 77.2 Å². The molecule has 1 aliphatic rings. The van der Waals surface area contributed by atoms with Gasteiger partial charge in [0, 0.05) is 6.54 Å². The third-order valence-corrected chi connectivity index (χ3v) is 3.89. The van der Waals surface area contributed by atoms with Gasteiger partial charge in [0.2, 0.25) is 0 Å². The van der Waals surface area contributed by atoms with Crippen molar-refractivity contribution >= 4 is 0 Å². The van der Waals surface area contributed by atoms with E-state index in [1.807, 2.05) is 0 Å². The zero-order valence-electron chi connectivity index (χ0n) is 12.4. The highest BCUT2D eigenvalue weighted by molar-refractivity contribution is 4.66. The quantitative estimate of drug-likeness (QED) is 0.525. The summed E-state index contributed by atoms with van der Waals surface area (Å²) in [5, 5.41) is 3.49. The molecule has 2 nitrogen and oxygen atoms in total. The van der Waals surface area contributed by atoms with Gasteiger partial charge >= 0.3 is 0 Å². The summed E-state index contributed by atoms with van der Waals surface area (Å²) in [6.07, 6.45) is 15.7. The topological polar surface area (TPSA) is 21.3 Å². The summed E-state index contributed by atoms with van der Waals surface area (Å²) < 4.78 is 5.81. The molecule has 1 fully saturated rings. The van der Waals surface area contributed by atoms with E-state index in [9.17, 15) is 0 Å². The van der Waals surface area contributed by atoms with Crippen LogP contribution in [0, 0.1) is 0 Å². The Morgan fingerprint density at radius 2 is 1.56 bits per heavy atom. The maximum Gasteiger partial charge on any atom is 0.0594 e. The zero-order valence-corrected chi connectivity index (χ0v) is 12.4. The molecule has 0 spiro atoms. The van der Waals surface area contributed by atoms with Gasteiger partial charge in [-0.2, -0.15) is 0 Å². The molecular weight excluding hydrogens is 222 g/mol. The third-order valence-electron chi connectivity index (χ3n) is 3.89. The van der Waals surface area contributed by atoms with Crippen LogP contribution in [0.3, 0.4) is 0 Å². The fourth-order valence-corrected chi connectivity index (χ4v) is 2.68. The smallest absolute Gasteiger partial charge is 0.0594 e. The van der Waals surface area contributed by atoms with E-state index in [0.717, 1.165) is 13.2 Å². The second-order valence-electron chi connectivity index (χ2n) is 5.65. The number of unbranched alkanes of at least 4 members (excludes halogenated alkanes) is 6. The van der Waals surface area contributed by atoms with Crippen LogP contribution in [0.15, 0.2) is 0 Å². The largest absolute Gasteiger partial charge is 0.377 e. The van der Waals surface area contributed by atoms with E-state index in [1.54, 1.807) is 0 Å². The van der Waals surface area contributed by atoms with Gasteiger partial charge in [-0.15, -0.1) is 0 Å². The van der Waals surface area contributed by atoms with Crippen LogP contribution in [0.2, 0.25) is 0 Å². The van der Waals surface area contributed by atoms with Gasteiger partial charge in [0.1, 0.15) is 0 Å². The first-order valence-corrected chi connectivity index (χ1v) is 8.26. The predicted octanol–water partition coefficient (Wildman–Crippen LogP) is 4.29. The molecule has 1 saturated carbocycles. The monoisotopic (exact) mass is 255 g/mol. The fourth-order valence-electron chi connectivity index (χ4n) is 2.68. The van der Waals surface area contributed by atoms with Gasteiger partial charge in [0.05, 0.1) is 12.7 Å². The Morgan fingerprint density at radius 3 is 2.28 bits per heavy atom. The van der Waals surface area contributed by atoms with E-state index in [-0.39, 0.29) is 0 Å². The summed E-state index contributed by atoms with van der Waals surface area (Å²) in [5.41, 5.74) is 0. The molecule has 0 aromatic carbocycles. The molecular formula is C16H33NO.